The molecule has 4 nitrogen and oxygen atoms in total. The third-order valence-electron chi connectivity index (χ3n) is 2.55. The Morgan fingerprint density at radius 2 is 2.18 bits per heavy atom. The maximum absolute atomic E-state index is 5.22. The third kappa shape index (κ3) is 2.24. The highest BCUT2D eigenvalue weighted by molar-refractivity contribution is 7.71. The lowest BCUT2D eigenvalue weighted by molar-refractivity contribution is 0.415. The second kappa shape index (κ2) is 4.71. The fourth-order valence-corrected chi connectivity index (χ4v) is 2.09. The highest BCUT2D eigenvalue weighted by Gasteiger charge is 2.11. The van der Waals surface area contributed by atoms with Crippen molar-refractivity contribution in [2.75, 3.05) is 7.11 Å². The summed E-state index contributed by atoms with van der Waals surface area (Å²) in [6.45, 7) is 4.16. The van der Waals surface area contributed by atoms with Gasteiger partial charge in [0.15, 0.2) is 10.6 Å². The van der Waals surface area contributed by atoms with Crippen molar-refractivity contribution in [3.8, 4) is 17.1 Å². The number of rotatable bonds is 3. The highest BCUT2D eigenvalue weighted by atomic mass is 32.1. The fraction of sp³-hybridized carbons (Fsp3) is 0.333. The van der Waals surface area contributed by atoms with Gasteiger partial charge >= 0.3 is 0 Å². The predicted octanol–water partition coefficient (Wildman–Crippen LogP) is 3.20. The maximum atomic E-state index is 5.22. The van der Waals surface area contributed by atoms with Gasteiger partial charge in [-0.2, -0.15) is 5.10 Å². The Balaban J connectivity index is 2.56. The topological polar surface area (TPSA) is 42.8 Å². The van der Waals surface area contributed by atoms with E-state index < -0.39 is 0 Å². The molecule has 1 N–H and O–H groups in total. The summed E-state index contributed by atoms with van der Waals surface area (Å²) in [6.07, 6.45) is 0. The van der Waals surface area contributed by atoms with Gasteiger partial charge in [0.05, 0.1) is 7.11 Å². The van der Waals surface area contributed by atoms with E-state index in [1.807, 2.05) is 28.8 Å². The zero-order chi connectivity index (χ0) is 12.4. The van der Waals surface area contributed by atoms with Gasteiger partial charge in [-0.25, -0.2) is 0 Å². The molecule has 2 rings (SSSR count). The number of hydrogen-bond acceptors (Lipinski definition) is 3. The second-order valence-electron chi connectivity index (χ2n) is 4.05. The van der Waals surface area contributed by atoms with Crippen LogP contribution in [0.15, 0.2) is 24.3 Å². The van der Waals surface area contributed by atoms with E-state index in [2.05, 4.69) is 24.0 Å². The van der Waals surface area contributed by atoms with Crippen molar-refractivity contribution in [1.29, 1.82) is 0 Å². The maximum Gasteiger partial charge on any atom is 0.195 e. The molecule has 0 amide bonds. The molecular weight excluding hydrogens is 234 g/mol. The van der Waals surface area contributed by atoms with Crippen molar-refractivity contribution >= 4 is 12.2 Å². The molecule has 17 heavy (non-hydrogen) atoms. The number of benzene rings is 1. The summed E-state index contributed by atoms with van der Waals surface area (Å²) in [5, 5.41) is 7.10. The SMILES string of the molecule is COc1cccc(-c2n[nH]c(=S)n2C(C)C)c1. The van der Waals surface area contributed by atoms with Crippen molar-refractivity contribution < 1.29 is 4.74 Å². The molecule has 0 aliphatic heterocycles. The van der Waals surface area contributed by atoms with Crippen molar-refractivity contribution in [2.24, 2.45) is 0 Å². The first-order chi connectivity index (χ1) is 8.13. The average Bonchev–Trinajstić information content (AvgIpc) is 2.71. The van der Waals surface area contributed by atoms with Gasteiger partial charge in [0.25, 0.3) is 0 Å². The molecule has 1 aromatic heterocycles. The first kappa shape index (κ1) is 11.9. The quantitative estimate of drug-likeness (QED) is 0.849. The molecule has 90 valence electrons. The largest absolute Gasteiger partial charge is 0.497 e. The summed E-state index contributed by atoms with van der Waals surface area (Å²) >= 11 is 5.22. The summed E-state index contributed by atoms with van der Waals surface area (Å²) < 4.78 is 7.84. The lowest BCUT2D eigenvalue weighted by atomic mass is 10.2. The van der Waals surface area contributed by atoms with Gasteiger partial charge in [-0.05, 0) is 38.2 Å². The van der Waals surface area contributed by atoms with Crippen LogP contribution in [0.3, 0.4) is 0 Å². The summed E-state index contributed by atoms with van der Waals surface area (Å²) in [5.74, 6) is 1.65. The molecule has 0 spiro atoms. The number of aromatic nitrogens is 3. The van der Waals surface area contributed by atoms with E-state index in [1.165, 1.54) is 0 Å². The first-order valence-corrected chi connectivity index (χ1v) is 5.85. The van der Waals surface area contributed by atoms with Crippen LogP contribution in [0.1, 0.15) is 19.9 Å². The number of hydrogen-bond donors (Lipinski definition) is 1. The normalized spacial score (nSPS) is 10.8. The zero-order valence-corrected chi connectivity index (χ0v) is 10.9. The molecule has 5 heteroatoms. The van der Waals surface area contributed by atoms with Crippen molar-refractivity contribution in [2.45, 2.75) is 19.9 Å². The minimum Gasteiger partial charge on any atom is -0.497 e. The van der Waals surface area contributed by atoms with E-state index in [4.69, 9.17) is 17.0 Å². The number of ether oxygens (including phenoxy) is 1. The number of H-pyrrole nitrogens is 1. The Labute approximate surface area is 105 Å². The molecular formula is C12H15N3OS. The summed E-state index contributed by atoms with van der Waals surface area (Å²) in [7, 11) is 1.65. The summed E-state index contributed by atoms with van der Waals surface area (Å²) in [5.41, 5.74) is 0.991. The van der Waals surface area contributed by atoms with Crippen LogP contribution >= 0.6 is 12.2 Å². The summed E-state index contributed by atoms with van der Waals surface area (Å²) in [4.78, 5) is 0. The van der Waals surface area contributed by atoms with Crippen LogP contribution in [-0.2, 0) is 0 Å². The molecule has 0 atom stereocenters. The van der Waals surface area contributed by atoms with E-state index in [0.29, 0.717) is 4.77 Å². The number of aromatic amines is 1. The Morgan fingerprint density at radius 1 is 1.41 bits per heavy atom. The molecule has 0 saturated heterocycles. The van der Waals surface area contributed by atoms with Crippen molar-refractivity contribution in [3.63, 3.8) is 0 Å². The van der Waals surface area contributed by atoms with Gasteiger partial charge in [-0.15, -0.1) is 0 Å². The summed E-state index contributed by atoms with van der Waals surface area (Å²) in [6, 6.07) is 8.06. The van der Waals surface area contributed by atoms with Gasteiger partial charge in [0.1, 0.15) is 5.75 Å². The van der Waals surface area contributed by atoms with Gasteiger partial charge in [-0.1, -0.05) is 12.1 Å². The van der Waals surface area contributed by atoms with Crippen molar-refractivity contribution in [3.05, 3.63) is 29.0 Å². The molecule has 0 bridgehead atoms. The Hall–Kier alpha value is -1.62. The molecule has 1 aromatic carbocycles. The van der Waals surface area contributed by atoms with Crippen LogP contribution in [0, 0.1) is 4.77 Å². The van der Waals surface area contributed by atoms with Crippen LogP contribution in [-0.4, -0.2) is 21.9 Å². The molecule has 2 aromatic rings. The van der Waals surface area contributed by atoms with Gasteiger partial charge < -0.3 is 4.74 Å². The standard InChI is InChI=1S/C12H15N3OS/c1-8(2)15-11(13-14-12(15)17)9-5-4-6-10(7-9)16-3/h4-8H,1-3H3,(H,14,17). The average molecular weight is 249 g/mol. The molecule has 0 radical (unpaired) electrons. The van der Waals surface area contributed by atoms with E-state index in [1.54, 1.807) is 7.11 Å². The van der Waals surface area contributed by atoms with Crippen LogP contribution in [0.25, 0.3) is 11.4 Å². The predicted molar refractivity (Wildman–Crippen MR) is 69.8 cm³/mol. The lowest BCUT2D eigenvalue weighted by Gasteiger charge is -2.10. The Bertz CT molecular complexity index is 571. The monoisotopic (exact) mass is 249 g/mol. The van der Waals surface area contributed by atoms with Crippen molar-refractivity contribution in [1.82, 2.24) is 14.8 Å². The Morgan fingerprint density at radius 3 is 2.82 bits per heavy atom. The lowest BCUT2D eigenvalue weighted by Crippen LogP contribution is -2.03. The molecule has 0 fully saturated rings. The smallest absolute Gasteiger partial charge is 0.195 e. The van der Waals surface area contributed by atoms with Crippen LogP contribution in [0.5, 0.6) is 5.75 Å². The highest BCUT2D eigenvalue weighted by Crippen LogP contribution is 2.24. The molecule has 0 aliphatic rings. The van der Waals surface area contributed by atoms with Gasteiger partial charge in [0.2, 0.25) is 0 Å². The van der Waals surface area contributed by atoms with E-state index in [0.717, 1.165) is 17.1 Å². The number of methoxy groups -OCH3 is 1. The van der Waals surface area contributed by atoms with Gasteiger partial charge in [0, 0.05) is 11.6 Å². The molecule has 0 aliphatic carbocycles. The zero-order valence-electron chi connectivity index (χ0n) is 10.1. The Kier molecular flexibility index (Phi) is 3.28. The van der Waals surface area contributed by atoms with Crippen LogP contribution < -0.4 is 4.74 Å². The second-order valence-corrected chi connectivity index (χ2v) is 4.43. The third-order valence-corrected chi connectivity index (χ3v) is 2.84. The number of nitrogens with zero attached hydrogens (tertiary/aromatic N) is 2. The van der Waals surface area contributed by atoms with E-state index >= 15 is 0 Å². The fourth-order valence-electron chi connectivity index (χ4n) is 1.75. The van der Waals surface area contributed by atoms with Crippen LogP contribution in [0.4, 0.5) is 0 Å². The molecule has 0 saturated carbocycles. The van der Waals surface area contributed by atoms with Crippen LogP contribution in [0.2, 0.25) is 0 Å². The molecule has 0 unspecified atom stereocenters. The number of nitrogens with one attached hydrogen (secondary N) is 1. The minimum atomic E-state index is 0.266. The molecule has 1 heterocycles. The van der Waals surface area contributed by atoms with E-state index in [9.17, 15) is 0 Å². The first-order valence-electron chi connectivity index (χ1n) is 5.45. The minimum absolute atomic E-state index is 0.266. The van der Waals surface area contributed by atoms with E-state index in [-0.39, 0.29) is 6.04 Å². The van der Waals surface area contributed by atoms with Gasteiger partial charge in [-0.3, -0.25) is 9.67 Å².